The van der Waals surface area contributed by atoms with Crippen LogP contribution >= 0.6 is 23.5 Å². The largest absolute Gasteiger partial charge is 0.536 e. The summed E-state index contributed by atoms with van der Waals surface area (Å²) in [5.41, 5.74) is 0.761. The van der Waals surface area contributed by atoms with Gasteiger partial charge in [-0.15, -0.1) is 0 Å². The molecule has 0 aliphatic carbocycles. The molecule has 0 bridgehead atoms. The maximum atomic E-state index is 11.6. The maximum Gasteiger partial charge on any atom is 0.536 e. The Bertz CT molecular complexity index is 756. The van der Waals surface area contributed by atoms with Crippen LogP contribution in [0.25, 0.3) is 0 Å². The molecule has 4 rings (SSSR count). The minimum absolute atomic E-state index is 0.0291. The molecule has 0 aromatic heterocycles. The van der Waals surface area contributed by atoms with Gasteiger partial charge in [0.05, 0.1) is 18.8 Å². The highest BCUT2D eigenvalue weighted by atomic mass is 32.2. The van der Waals surface area contributed by atoms with E-state index in [0.717, 1.165) is 36.1 Å². The number of ether oxygens (including phenoxy) is 1. The number of hydrogen-bond acceptors (Lipinski definition) is 8. The lowest BCUT2D eigenvalue weighted by Crippen LogP contribution is -2.53. The van der Waals surface area contributed by atoms with E-state index >= 15 is 0 Å². The molecule has 1 atom stereocenters. The highest BCUT2D eigenvalue weighted by Gasteiger charge is 2.42. The molecule has 138 valence electrons. The molecule has 3 aliphatic rings. The number of likely N-dealkylation sites (tertiary alicyclic amines) is 1. The second kappa shape index (κ2) is 7.24. The van der Waals surface area contributed by atoms with E-state index in [1.165, 1.54) is 7.11 Å². The number of thioether (sulfide) groups is 2. The van der Waals surface area contributed by atoms with Crippen molar-refractivity contribution >= 4 is 41.8 Å². The predicted molar refractivity (Wildman–Crippen MR) is 104 cm³/mol. The summed E-state index contributed by atoms with van der Waals surface area (Å²) in [6.45, 7) is 2.75. The molecule has 10 heteroatoms. The molecule has 0 spiro atoms. The van der Waals surface area contributed by atoms with Crippen molar-refractivity contribution in [2.75, 3.05) is 32.5 Å². The van der Waals surface area contributed by atoms with Crippen molar-refractivity contribution < 1.29 is 24.3 Å². The Kier molecular flexibility index (Phi) is 4.98. The Hall–Kier alpha value is -1.52. The zero-order valence-electron chi connectivity index (χ0n) is 14.3. The Morgan fingerprint density at radius 3 is 2.96 bits per heavy atom. The van der Waals surface area contributed by atoms with Gasteiger partial charge in [0.15, 0.2) is 5.17 Å². The van der Waals surface area contributed by atoms with Gasteiger partial charge in [-0.05, 0) is 18.1 Å². The first kappa shape index (κ1) is 17.9. The van der Waals surface area contributed by atoms with E-state index in [2.05, 4.69) is 9.89 Å². The molecule has 0 unspecified atom stereocenters. The van der Waals surface area contributed by atoms with Crippen molar-refractivity contribution in [2.24, 2.45) is 4.99 Å². The van der Waals surface area contributed by atoms with Gasteiger partial charge < -0.3 is 24.4 Å². The van der Waals surface area contributed by atoms with Gasteiger partial charge >= 0.3 is 13.1 Å². The van der Waals surface area contributed by atoms with E-state index in [9.17, 15) is 14.9 Å². The average molecular weight is 394 g/mol. The number of nitrogens with zero attached hydrogens (tertiary/aromatic N) is 2. The zero-order chi connectivity index (χ0) is 18.3. The molecular formula is C16H19BN2O5S2. The van der Waals surface area contributed by atoms with Crippen LogP contribution in [0, 0.1) is 0 Å². The van der Waals surface area contributed by atoms with Crippen molar-refractivity contribution in [1.82, 2.24) is 4.90 Å². The smallest absolute Gasteiger partial charge is 0.534 e. The molecule has 1 fully saturated rings. The maximum absolute atomic E-state index is 11.6. The Morgan fingerprint density at radius 2 is 2.31 bits per heavy atom. The molecule has 1 aromatic carbocycles. The lowest BCUT2D eigenvalue weighted by molar-refractivity contribution is 0.0690. The number of hydrogen-bond donors (Lipinski definition) is 2. The summed E-state index contributed by atoms with van der Waals surface area (Å²) in [6.07, 6.45) is 0.567. The monoisotopic (exact) mass is 394 g/mol. The molecule has 0 amide bonds. The molecule has 0 saturated carbocycles. The molecular weight excluding hydrogens is 375 g/mol. The summed E-state index contributed by atoms with van der Waals surface area (Å²) >= 11 is 3.50. The second-order valence-corrected chi connectivity index (χ2v) is 8.97. The number of carbonyl (C=O) groups is 1. The topological polar surface area (TPSA) is 91.6 Å². The number of amidine groups is 1. The minimum Gasteiger partial charge on any atom is -0.534 e. The van der Waals surface area contributed by atoms with Gasteiger partial charge in [-0.2, -0.15) is 11.8 Å². The van der Waals surface area contributed by atoms with Crippen LogP contribution in [-0.2, 0) is 6.42 Å². The predicted octanol–water partition coefficient (Wildman–Crippen LogP) is 1.24. The lowest BCUT2D eigenvalue weighted by Gasteiger charge is -2.42. The third-order valence-corrected chi connectivity index (χ3v) is 7.13. The second-order valence-electron chi connectivity index (χ2n) is 6.36. The summed E-state index contributed by atoms with van der Waals surface area (Å²) in [6, 6.07) is 3.46. The fraction of sp³-hybridized carbons (Fsp3) is 0.500. The SMILES string of the molecule is COc1ccc2c(c1C(=O)O)OB(O)[C@@H](SC1CN(C3=NCCS3)C1)C2. The highest BCUT2D eigenvalue weighted by Crippen LogP contribution is 2.40. The number of aliphatic imine (C=N–C) groups is 1. The van der Waals surface area contributed by atoms with Crippen molar-refractivity contribution in [3.8, 4) is 11.5 Å². The molecule has 1 aromatic rings. The Morgan fingerprint density at radius 1 is 1.50 bits per heavy atom. The van der Waals surface area contributed by atoms with Gasteiger partial charge in [-0.25, -0.2) is 4.79 Å². The number of carboxylic acid groups (broad SMARTS) is 1. The normalized spacial score (nSPS) is 22.4. The Labute approximate surface area is 160 Å². The molecule has 7 nitrogen and oxygen atoms in total. The first-order valence-electron chi connectivity index (χ1n) is 8.42. The number of benzene rings is 1. The summed E-state index contributed by atoms with van der Waals surface area (Å²) < 4.78 is 10.7. The van der Waals surface area contributed by atoms with Crippen LogP contribution in [0.15, 0.2) is 17.1 Å². The lowest BCUT2D eigenvalue weighted by atomic mass is 9.77. The zero-order valence-corrected chi connectivity index (χ0v) is 15.9. The van der Waals surface area contributed by atoms with E-state index < -0.39 is 13.1 Å². The van der Waals surface area contributed by atoms with Crippen molar-refractivity contribution in [1.29, 1.82) is 0 Å². The van der Waals surface area contributed by atoms with Gasteiger partial charge in [-0.1, -0.05) is 17.8 Å². The first-order valence-corrected chi connectivity index (χ1v) is 10.3. The summed E-state index contributed by atoms with van der Waals surface area (Å²) in [5, 5.41) is 21.3. The highest BCUT2D eigenvalue weighted by molar-refractivity contribution is 8.14. The molecule has 2 N–H and O–H groups in total. The van der Waals surface area contributed by atoms with Gasteiger partial charge in [0.1, 0.15) is 17.1 Å². The van der Waals surface area contributed by atoms with Crippen molar-refractivity contribution in [3.63, 3.8) is 0 Å². The van der Waals surface area contributed by atoms with E-state index in [-0.39, 0.29) is 22.2 Å². The third-order valence-electron chi connectivity index (χ3n) is 4.67. The summed E-state index contributed by atoms with van der Waals surface area (Å²) in [4.78, 5) is 18.3. The minimum atomic E-state index is -1.12. The fourth-order valence-electron chi connectivity index (χ4n) is 3.35. The molecule has 1 saturated heterocycles. The summed E-state index contributed by atoms with van der Waals surface area (Å²) in [5.74, 6) is 0.388. The van der Waals surface area contributed by atoms with Crippen LogP contribution in [0.5, 0.6) is 11.5 Å². The van der Waals surface area contributed by atoms with E-state index in [1.807, 2.05) is 6.07 Å². The van der Waals surface area contributed by atoms with E-state index in [0.29, 0.717) is 11.7 Å². The number of rotatable bonds is 4. The van der Waals surface area contributed by atoms with Crippen molar-refractivity contribution in [3.05, 3.63) is 23.3 Å². The van der Waals surface area contributed by atoms with Gasteiger partial charge in [0.25, 0.3) is 0 Å². The quantitative estimate of drug-likeness (QED) is 0.738. The number of methoxy groups -OCH3 is 1. The average Bonchev–Trinajstić information content (AvgIpc) is 3.10. The van der Waals surface area contributed by atoms with Gasteiger partial charge in [-0.3, -0.25) is 4.99 Å². The standard InChI is InChI=1S/C16H19BN2O5S2/c1-23-11-3-2-9-6-12(17(22)24-14(9)13(11)15(20)21)26-10-7-19(8-10)16-18-4-5-25-16/h2-3,10,12,22H,4-8H2,1H3,(H,20,21)/t12-/m0/s1. The third kappa shape index (κ3) is 3.25. The number of aromatic carboxylic acids is 1. The molecule has 3 aliphatic heterocycles. The van der Waals surface area contributed by atoms with Crippen LogP contribution in [-0.4, -0.2) is 76.2 Å². The van der Waals surface area contributed by atoms with Crippen LogP contribution in [0.2, 0.25) is 0 Å². The van der Waals surface area contributed by atoms with E-state index in [4.69, 9.17) is 9.39 Å². The van der Waals surface area contributed by atoms with Crippen LogP contribution in [0.4, 0.5) is 0 Å². The first-order chi connectivity index (χ1) is 12.6. The molecule has 0 radical (unpaired) electrons. The van der Waals surface area contributed by atoms with Gasteiger partial charge in [0, 0.05) is 24.1 Å². The number of carboxylic acids is 1. The van der Waals surface area contributed by atoms with Crippen LogP contribution < -0.4 is 9.39 Å². The number of fused-ring (bicyclic) bond motifs is 1. The summed E-state index contributed by atoms with van der Waals surface area (Å²) in [7, 11) is 0.381. The van der Waals surface area contributed by atoms with E-state index in [1.54, 1.807) is 29.6 Å². The van der Waals surface area contributed by atoms with Gasteiger partial charge in [0.2, 0.25) is 0 Å². The fourth-order valence-corrected chi connectivity index (χ4v) is 5.72. The van der Waals surface area contributed by atoms with Crippen LogP contribution in [0.3, 0.4) is 0 Å². The van der Waals surface area contributed by atoms with Crippen LogP contribution in [0.1, 0.15) is 15.9 Å². The molecule has 3 heterocycles. The molecule has 26 heavy (non-hydrogen) atoms. The van der Waals surface area contributed by atoms with Crippen molar-refractivity contribution in [2.45, 2.75) is 16.8 Å². The Balaban J connectivity index is 1.44.